The van der Waals surface area contributed by atoms with Crippen molar-refractivity contribution in [3.63, 3.8) is 0 Å². The summed E-state index contributed by atoms with van der Waals surface area (Å²) in [6.07, 6.45) is 3.14. The molecule has 3 atom stereocenters. The Bertz CT molecular complexity index is 242. The Morgan fingerprint density at radius 2 is 2.12 bits per heavy atom. The van der Waals surface area contributed by atoms with Crippen LogP contribution in [0, 0.1) is 0 Å². The standard InChI is InChI=1S/C14H30N2O/c1-6-14(5,12(3)15-7-2)16-10-8-9-13(4,17)11-16/h12,15,17H,6-11H2,1-5H3. The molecule has 0 bridgehead atoms. The smallest absolute Gasteiger partial charge is 0.0746 e. The third kappa shape index (κ3) is 3.43. The van der Waals surface area contributed by atoms with Crippen molar-refractivity contribution in [2.45, 2.75) is 71.1 Å². The third-order valence-electron chi connectivity index (χ3n) is 4.56. The van der Waals surface area contributed by atoms with Crippen LogP contribution in [0.5, 0.6) is 0 Å². The van der Waals surface area contributed by atoms with Gasteiger partial charge in [-0.05, 0) is 53.1 Å². The zero-order chi connectivity index (χ0) is 13.1. The van der Waals surface area contributed by atoms with E-state index in [0.29, 0.717) is 6.04 Å². The SMILES string of the molecule is CCNC(C)C(C)(CC)N1CCCC(C)(O)C1. The second-order valence-electron chi connectivity index (χ2n) is 6.01. The van der Waals surface area contributed by atoms with Gasteiger partial charge in [-0.2, -0.15) is 0 Å². The summed E-state index contributed by atoms with van der Waals surface area (Å²) in [7, 11) is 0. The van der Waals surface area contributed by atoms with Crippen molar-refractivity contribution < 1.29 is 5.11 Å². The quantitative estimate of drug-likeness (QED) is 0.774. The van der Waals surface area contributed by atoms with E-state index < -0.39 is 5.60 Å². The summed E-state index contributed by atoms with van der Waals surface area (Å²) >= 11 is 0. The molecular weight excluding hydrogens is 212 g/mol. The highest BCUT2D eigenvalue weighted by molar-refractivity contribution is 4.98. The lowest BCUT2D eigenvalue weighted by Gasteiger charge is -2.50. The van der Waals surface area contributed by atoms with E-state index >= 15 is 0 Å². The second-order valence-corrected chi connectivity index (χ2v) is 6.01. The minimum atomic E-state index is -0.513. The molecule has 0 saturated carbocycles. The minimum Gasteiger partial charge on any atom is -0.389 e. The summed E-state index contributed by atoms with van der Waals surface area (Å²) in [5.41, 5.74) is -0.374. The van der Waals surface area contributed by atoms with Crippen molar-refractivity contribution in [2.75, 3.05) is 19.6 Å². The van der Waals surface area contributed by atoms with Crippen LogP contribution in [0.4, 0.5) is 0 Å². The van der Waals surface area contributed by atoms with Gasteiger partial charge in [0.25, 0.3) is 0 Å². The topological polar surface area (TPSA) is 35.5 Å². The van der Waals surface area contributed by atoms with E-state index in [4.69, 9.17) is 0 Å². The Balaban J connectivity index is 2.77. The molecule has 0 aliphatic carbocycles. The van der Waals surface area contributed by atoms with Gasteiger partial charge < -0.3 is 10.4 Å². The molecule has 3 unspecified atom stereocenters. The summed E-state index contributed by atoms with van der Waals surface area (Å²) in [5.74, 6) is 0. The molecule has 1 aliphatic heterocycles. The normalized spacial score (nSPS) is 32.1. The van der Waals surface area contributed by atoms with Crippen molar-refractivity contribution in [3.8, 4) is 0 Å². The van der Waals surface area contributed by atoms with Crippen LogP contribution in [0.15, 0.2) is 0 Å². The fourth-order valence-electron chi connectivity index (χ4n) is 2.99. The predicted octanol–water partition coefficient (Wildman–Crippen LogP) is 2.00. The molecule has 17 heavy (non-hydrogen) atoms. The van der Waals surface area contributed by atoms with E-state index in [1.165, 1.54) is 0 Å². The fraction of sp³-hybridized carbons (Fsp3) is 1.00. The zero-order valence-corrected chi connectivity index (χ0v) is 12.2. The summed E-state index contributed by atoms with van der Waals surface area (Å²) < 4.78 is 0. The summed E-state index contributed by atoms with van der Waals surface area (Å²) in [6.45, 7) is 13.9. The van der Waals surface area contributed by atoms with Crippen LogP contribution >= 0.6 is 0 Å². The number of aliphatic hydroxyl groups is 1. The molecule has 1 fully saturated rings. The van der Waals surface area contributed by atoms with E-state index in [2.05, 4.69) is 37.9 Å². The highest BCUT2D eigenvalue weighted by Crippen LogP contribution is 2.30. The summed E-state index contributed by atoms with van der Waals surface area (Å²) in [4.78, 5) is 2.48. The first-order valence-electron chi connectivity index (χ1n) is 7.06. The van der Waals surface area contributed by atoms with Gasteiger partial charge in [-0.1, -0.05) is 13.8 Å². The Kier molecular flexibility index (Phi) is 4.99. The number of nitrogens with zero attached hydrogens (tertiary/aromatic N) is 1. The molecule has 1 saturated heterocycles. The van der Waals surface area contributed by atoms with Gasteiger partial charge in [-0.3, -0.25) is 4.90 Å². The average Bonchev–Trinajstić information content (AvgIpc) is 2.27. The Morgan fingerprint density at radius 3 is 2.59 bits per heavy atom. The monoisotopic (exact) mass is 242 g/mol. The molecule has 3 heteroatoms. The van der Waals surface area contributed by atoms with Gasteiger partial charge in [-0.15, -0.1) is 0 Å². The molecule has 0 aromatic carbocycles. The van der Waals surface area contributed by atoms with Crippen LogP contribution < -0.4 is 5.32 Å². The average molecular weight is 242 g/mol. The summed E-state index contributed by atoms with van der Waals surface area (Å²) in [6, 6.07) is 0.450. The van der Waals surface area contributed by atoms with Crippen LogP contribution in [0.3, 0.4) is 0 Å². The Morgan fingerprint density at radius 1 is 1.47 bits per heavy atom. The van der Waals surface area contributed by atoms with E-state index in [9.17, 15) is 5.11 Å². The summed E-state index contributed by atoms with van der Waals surface area (Å²) in [5, 5.41) is 13.8. The van der Waals surface area contributed by atoms with Gasteiger partial charge >= 0.3 is 0 Å². The lowest BCUT2D eigenvalue weighted by molar-refractivity contribution is -0.0622. The predicted molar refractivity (Wildman–Crippen MR) is 73.3 cm³/mol. The van der Waals surface area contributed by atoms with E-state index in [-0.39, 0.29) is 5.54 Å². The van der Waals surface area contributed by atoms with Gasteiger partial charge in [0.05, 0.1) is 5.60 Å². The molecule has 0 aromatic rings. The van der Waals surface area contributed by atoms with E-state index in [1.807, 2.05) is 6.92 Å². The molecule has 1 heterocycles. The zero-order valence-electron chi connectivity index (χ0n) is 12.2. The number of hydrogen-bond donors (Lipinski definition) is 2. The highest BCUT2D eigenvalue weighted by atomic mass is 16.3. The first-order chi connectivity index (χ1) is 7.85. The van der Waals surface area contributed by atoms with Crippen LogP contribution in [0.2, 0.25) is 0 Å². The molecule has 2 N–H and O–H groups in total. The molecule has 102 valence electrons. The maximum atomic E-state index is 10.3. The first-order valence-corrected chi connectivity index (χ1v) is 7.06. The number of nitrogens with one attached hydrogen (secondary N) is 1. The van der Waals surface area contributed by atoms with Crippen molar-refractivity contribution in [1.82, 2.24) is 10.2 Å². The molecule has 0 aromatic heterocycles. The van der Waals surface area contributed by atoms with Crippen LogP contribution in [0.1, 0.15) is 53.9 Å². The minimum absolute atomic E-state index is 0.139. The van der Waals surface area contributed by atoms with Crippen LogP contribution in [-0.4, -0.2) is 46.8 Å². The number of β-amino-alcohol motifs (C(OH)–C–C–N with tert-alkyl or cyclic N) is 1. The maximum absolute atomic E-state index is 10.3. The van der Waals surface area contributed by atoms with E-state index in [0.717, 1.165) is 38.9 Å². The van der Waals surface area contributed by atoms with Crippen molar-refractivity contribution in [2.24, 2.45) is 0 Å². The number of rotatable bonds is 5. The molecule has 1 rings (SSSR count). The number of likely N-dealkylation sites (N-methyl/N-ethyl adjacent to an activating group) is 1. The van der Waals surface area contributed by atoms with Gasteiger partial charge in [0.15, 0.2) is 0 Å². The van der Waals surface area contributed by atoms with Gasteiger partial charge in [0, 0.05) is 18.1 Å². The maximum Gasteiger partial charge on any atom is 0.0746 e. The Hall–Kier alpha value is -0.120. The molecule has 3 nitrogen and oxygen atoms in total. The van der Waals surface area contributed by atoms with Gasteiger partial charge in [-0.25, -0.2) is 0 Å². The molecule has 1 aliphatic rings. The lowest BCUT2D eigenvalue weighted by Crippen LogP contribution is -2.62. The molecular formula is C14H30N2O. The lowest BCUT2D eigenvalue weighted by atomic mass is 9.83. The van der Waals surface area contributed by atoms with E-state index in [1.54, 1.807) is 0 Å². The van der Waals surface area contributed by atoms with Crippen molar-refractivity contribution >= 4 is 0 Å². The van der Waals surface area contributed by atoms with Crippen molar-refractivity contribution in [1.29, 1.82) is 0 Å². The second kappa shape index (κ2) is 5.68. The number of hydrogen-bond acceptors (Lipinski definition) is 3. The van der Waals surface area contributed by atoms with Crippen molar-refractivity contribution in [3.05, 3.63) is 0 Å². The Labute approximate surface area is 107 Å². The molecule has 0 amide bonds. The van der Waals surface area contributed by atoms with Gasteiger partial charge in [0.2, 0.25) is 0 Å². The van der Waals surface area contributed by atoms with Crippen LogP contribution in [0.25, 0.3) is 0 Å². The molecule has 0 radical (unpaired) electrons. The van der Waals surface area contributed by atoms with Gasteiger partial charge in [0.1, 0.15) is 0 Å². The first kappa shape index (κ1) is 14.9. The fourth-order valence-corrected chi connectivity index (χ4v) is 2.99. The van der Waals surface area contributed by atoms with Crippen LogP contribution in [-0.2, 0) is 0 Å². The number of piperidine rings is 1. The third-order valence-corrected chi connectivity index (χ3v) is 4.56. The number of likely N-dealkylation sites (tertiary alicyclic amines) is 1. The largest absolute Gasteiger partial charge is 0.389 e. The molecule has 0 spiro atoms. The highest BCUT2D eigenvalue weighted by Gasteiger charge is 2.40.